The molecule has 2 heteroatoms. The van der Waals surface area contributed by atoms with Gasteiger partial charge in [-0.05, 0) is 66.8 Å². The molecule has 0 atom stereocenters. The van der Waals surface area contributed by atoms with E-state index in [0.717, 1.165) is 6.61 Å². The molecule has 160 valence electrons. The van der Waals surface area contributed by atoms with Crippen LogP contribution >= 0.6 is 0 Å². The maximum atomic E-state index is 8.95. The van der Waals surface area contributed by atoms with Crippen LogP contribution in [0, 0.1) is 11.3 Å². The molecule has 1 aliphatic rings. The zero-order valence-corrected chi connectivity index (χ0v) is 18.6. The van der Waals surface area contributed by atoms with Crippen LogP contribution in [0.4, 0.5) is 0 Å². The highest BCUT2D eigenvalue weighted by Crippen LogP contribution is 2.35. The van der Waals surface area contributed by atoms with E-state index in [4.69, 9.17) is 10.00 Å². The lowest BCUT2D eigenvalue weighted by Crippen LogP contribution is -2.21. The Balaban J connectivity index is 1.36. The molecule has 0 amide bonds. The van der Waals surface area contributed by atoms with E-state index < -0.39 is 0 Å². The van der Waals surface area contributed by atoms with Crippen molar-refractivity contribution in [3.8, 4) is 17.2 Å². The normalized spacial score (nSPS) is 18.8. The average Bonchev–Trinajstić information content (AvgIpc) is 2.81. The quantitative estimate of drug-likeness (QED) is 0.356. The van der Waals surface area contributed by atoms with E-state index in [9.17, 15) is 0 Å². The Kier molecular flexibility index (Phi) is 9.45. The molecule has 2 aromatic rings. The fourth-order valence-corrected chi connectivity index (χ4v) is 4.56. The third kappa shape index (κ3) is 6.99. The third-order valence-corrected chi connectivity index (χ3v) is 6.51. The second kappa shape index (κ2) is 12.6. The van der Waals surface area contributed by atoms with Crippen LogP contribution < -0.4 is 0 Å². The summed E-state index contributed by atoms with van der Waals surface area (Å²) in [6, 6.07) is 19.0. The fourth-order valence-electron chi connectivity index (χ4n) is 4.56. The van der Waals surface area contributed by atoms with Gasteiger partial charge in [0.15, 0.2) is 0 Å². The molecule has 0 radical (unpaired) electrons. The smallest absolute Gasteiger partial charge is 0.0991 e. The van der Waals surface area contributed by atoms with Gasteiger partial charge in [-0.25, -0.2) is 0 Å². The van der Waals surface area contributed by atoms with Gasteiger partial charge in [-0.3, -0.25) is 0 Å². The topological polar surface area (TPSA) is 33.0 Å². The van der Waals surface area contributed by atoms with Crippen molar-refractivity contribution in [2.45, 2.75) is 89.6 Å². The van der Waals surface area contributed by atoms with Crippen molar-refractivity contribution in [1.82, 2.24) is 0 Å². The second-order valence-corrected chi connectivity index (χ2v) is 8.78. The van der Waals surface area contributed by atoms with E-state index in [1.807, 2.05) is 24.3 Å². The Morgan fingerprint density at radius 1 is 0.767 bits per heavy atom. The Hall–Kier alpha value is -2.11. The highest BCUT2D eigenvalue weighted by Gasteiger charge is 2.22. The van der Waals surface area contributed by atoms with Gasteiger partial charge in [0, 0.05) is 6.61 Å². The van der Waals surface area contributed by atoms with Gasteiger partial charge < -0.3 is 4.74 Å². The predicted molar refractivity (Wildman–Crippen MR) is 126 cm³/mol. The molecule has 0 spiro atoms. The predicted octanol–water partition coefficient (Wildman–Crippen LogP) is 8.02. The molecule has 1 fully saturated rings. The lowest BCUT2D eigenvalue weighted by Gasteiger charge is -2.29. The number of nitrogens with zero attached hydrogens (tertiary/aromatic N) is 1. The van der Waals surface area contributed by atoms with Crippen LogP contribution in [-0.4, -0.2) is 12.7 Å². The molecule has 0 bridgehead atoms. The van der Waals surface area contributed by atoms with Crippen LogP contribution in [-0.2, 0) is 4.74 Å². The van der Waals surface area contributed by atoms with Gasteiger partial charge in [0.1, 0.15) is 0 Å². The standard InChI is InChI=1S/C28H37NO/c1-2-3-4-5-6-7-8-21-30-28-19-17-27(18-20-28)26-15-13-25(14-16-26)24-11-9-23(22-29)10-12-24/h9-16,27-28H,2-8,17-21H2,1H3. The second-order valence-electron chi connectivity index (χ2n) is 8.78. The van der Waals surface area contributed by atoms with Crippen molar-refractivity contribution < 1.29 is 4.74 Å². The minimum atomic E-state index is 0.472. The van der Waals surface area contributed by atoms with Gasteiger partial charge in [0.25, 0.3) is 0 Å². The van der Waals surface area contributed by atoms with Crippen molar-refractivity contribution in [2.24, 2.45) is 0 Å². The maximum absolute atomic E-state index is 8.95. The number of unbranched alkanes of at least 4 members (excludes halogenated alkanes) is 6. The van der Waals surface area contributed by atoms with Crippen molar-refractivity contribution in [3.63, 3.8) is 0 Å². The number of hydrogen-bond donors (Lipinski definition) is 0. The first-order valence-corrected chi connectivity index (χ1v) is 12.0. The molecule has 0 N–H and O–H groups in total. The number of nitriles is 1. The summed E-state index contributed by atoms with van der Waals surface area (Å²) in [5.41, 5.74) is 4.55. The zero-order valence-electron chi connectivity index (χ0n) is 18.6. The van der Waals surface area contributed by atoms with Crippen LogP contribution in [0.5, 0.6) is 0 Å². The number of ether oxygens (including phenoxy) is 1. The van der Waals surface area contributed by atoms with Gasteiger partial charge in [0.2, 0.25) is 0 Å². The molecule has 0 saturated heterocycles. The van der Waals surface area contributed by atoms with Gasteiger partial charge in [-0.15, -0.1) is 0 Å². The van der Waals surface area contributed by atoms with Gasteiger partial charge in [-0.2, -0.15) is 5.26 Å². The Morgan fingerprint density at radius 3 is 1.93 bits per heavy atom. The Bertz CT molecular complexity index is 764. The van der Waals surface area contributed by atoms with Crippen molar-refractivity contribution in [1.29, 1.82) is 5.26 Å². The van der Waals surface area contributed by atoms with E-state index in [1.165, 1.54) is 87.3 Å². The van der Waals surface area contributed by atoms with E-state index in [2.05, 4.69) is 37.3 Å². The summed E-state index contributed by atoms with van der Waals surface area (Å²) in [6.45, 7) is 3.22. The SMILES string of the molecule is CCCCCCCCCOC1CCC(c2ccc(-c3ccc(C#N)cc3)cc2)CC1. The lowest BCUT2D eigenvalue weighted by molar-refractivity contribution is 0.0226. The molecule has 1 aliphatic carbocycles. The maximum Gasteiger partial charge on any atom is 0.0991 e. The number of benzene rings is 2. The van der Waals surface area contributed by atoms with Gasteiger partial charge >= 0.3 is 0 Å². The van der Waals surface area contributed by atoms with Gasteiger partial charge in [-0.1, -0.05) is 81.8 Å². The van der Waals surface area contributed by atoms with E-state index >= 15 is 0 Å². The highest BCUT2D eigenvalue weighted by molar-refractivity contribution is 5.64. The molecule has 2 nitrogen and oxygen atoms in total. The molecule has 30 heavy (non-hydrogen) atoms. The molecule has 0 heterocycles. The first kappa shape index (κ1) is 22.6. The molecule has 0 aliphatic heterocycles. The molecule has 1 saturated carbocycles. The summed E-state index contributed by atoms with van der Waals surface area (Å²) in [5, 5.41) is 8.95. The van der Waals surface area contributed by atoms with Gasteiger partial charge in [0.05, 0.1) is 17.7 Å². The van der Waals surface area contributed by atoms with Crippen LogP contribution in [0.25, 0.3) is 11.1 Å². The van der Waals surface area contributed by atoms with Crippen molar-refractivity contribution >= 4 is 0 Å². The Labute approximate surface area is 183 Å². The third-order valence-electron chi connectivity index (χ3n) is 6.51. The Morgan fingerprint density at radius 2 is 1.33 bits per heavy atom. The minimum Gasteiger partial charge on any atom is -0.378 e. The first-order chi connectivity index (χ1) is 14.8. The molecule has 0 aromatic heterocycles. The highest BCUT2D eigenvalue weighted by atomic mass is 16.5. The summed E-state index contributed by atoms with van der Waals surface area (Å²) < 4.78 is 6.17. The summed E-state index contributed by atoms with van der Waals surface area (Å²) in [7, 11) is 0. The summed E-state index contributed by atoms with van der Waals surface area (Å²) in [4.78, 5) is 0. The number of rotatable bonds is 11. The molecular weight excluding hydrogens is 366 g/mol. The average molecular weight is 404 g/mol. The summed E-state index contributed by atoms with van der Waals surface area (Å²) in [5.74, 6) is 0.665. The van der Waals surface area contributed by atoms with Crippen LogP contribution in [0.1, 0.15) is 94.6 Å². The van der Waals surface area contributed by atoms with Crippen LogP contribution in [0.15, 0.2) is 48.5 Å². The summed E-state index contributed by atoms with van der Waals surface area (Å²) >= 11 is 0. The lowest BCUT2D eigenvalue weighted by atomic mass is 9.82. The van der Waals surface area contributed by atoms with E-state index in [1.54, 1.807) is 0 Å². The minimum absolute atomic E-state index is 0.472. The van der Waals surface area contributed by atoms with Crippen molar-refractivity contribution in [3.05, 3.63) is 59.7 Å². The largest absolute Gasteiger partial charge is 0.378 e. The molecule has 0 unspecified atom stereocenters. The van der Waals surface area contributed by atoms with Crippen LogP contribution in [0.2, 0.25) is 0 Å². The molecule has 3 rings (SSSR count). The van der Waals surface area contributed by atoms with E-state index in [-0.39, 0.29) is 0 Å². The van der Waals surface area contributed by atoms with E-state index in [0.29, 0.717) is 17.6 Å². The molecule has 2 aromatic carbocycles. The monoisotopic (exact) mass is 403 g/mol. The zero-order chi connectivity index (χ0) is 21.0. The van der Waals surface area contributed by atoms with Crippen molar-refractivity contribution in [2.75, 3.05) is 6.61 Å². The van der Waals surface area contributed by atoms with Crippen LogP contribution in [0.3, 0.4) is 0 Å². The fraction of sp³-hybridized carbons (Fsp3) is 0.536. The number of hydrogen-bond acceptors (Lipinski definition) is 2. The summed E-state index contributed by atoms with van der Waals surface area (Å²) in [6.07, 6.45) is 14.7. The molecular formula is C28H37NO. The first-order valence-electron chi connectivity index (χ1n) is 12.0.